The van der Waals surface area contributed by atoms with Crippen LogP contribution in [0.3, 0.4) is 0 Å². The molecule has 0 unspecified atom stereocenters. The first-order valence-corrected chi connectivity index (χ1v) is 6.95. The standard InChI is InChI=1S/C14H12BrNO4/c15-8-1-2-12(18)10(5-8)11-6-9(17)3-4-14(11)7-20-13(19)16-14/h1-5,11,18H,6-7H2,(H,16,19)/t11-,14-/m1/s1. The summed E-state index contributed by atoms with van der Waals surface area (Å²) in [5.41, 5.74) is -0.161. The predicted molar refractivity (Wildman–Crippen MR) is 74.5 cm³/mol. The second-order valence-corrected chi connectivity index (χ2v) is 5.92. The zero-order valence-corrected chi connectivity index (χ0v) is 12.0. The number of cyclic esters (lactones) is 1. The maximum absolute atomic E-state index is 11.7. The zero-order valence-electron chi connectivity index (χ0n) is 10.4. The molecule has 1 fully saturated rings. The fraction of sp³-hybridized carbons (Fsp3) is 0.286. The summed E-state index contributed by atoms with van der Waals surface area (Å²) >= 11 is 3.35. The van der Waals surface area contributed by atoms with Crippen LogP contribution in [0, 0.1) is 0 Å². The van der Waals surface area contributed by atoms with Crippen LogP contribution in [-0.4, -0.2) is 29.1 Å². The number of rotatable bonds is 1. The van der Waals surface area contributed by atoms with Crippen LogP contribution in [0.25, 0.3) is 0 Å². The minimum Gasteiger partial charge on any atom is -0.508 e. The number of carbonyl (C=O) groups excluding carboxylic acids is 2. The maximum atomic E-state index is 11.7. The molecule has 1 heterocycles. The third-order valence-corrected chi connectivity index (χ3v) is 4.23. The number of hydrogen-bond acceptors (Lipinski definition) is 4. The second-order valence-electron chi connectivity index (χ2n) is 5.00. The summed E-state index contributed by atoms with van der Waals surface area (Å²) in [4.78, 5) is 23.1. The lowest BCUT2D eigenvalue weighted by atomic mass is 9.73. The van der Waals surface area contributed by atoms with Gasteiger partial charge < -0.3 is 15.2 Å². The summed E-state index contributed by atoms with van der Waals surface area (Å²) in [5, 5.41) is 12.8. The van der Waals surface area contributed by atoms with Crippen molar-refractivity contribution in [3.63, 3.8) is 0 Å². The number of phenols is 1. The monoisotopic (exact) mass is 337 g/mol. The highest BCUT2D eigenvalue weighted by Gasteiger charge is 2.48. The topological polar surface area (TPSA) is 75.6 Å². The Morgan fingerprint density at radius 1 is 1.40 bits per heavy atom. The van der Waals surface area contributed by atoms with Crippen LogP contribution >= 0.6 is 15.9 Å². The summed E-state index contributed by atoms with van der Waals surface area (Å²) in [6, 6.07) is 5.04. The summed E-state index contributed by atoms with van der Waals surface area (Å²) < 4.78 is 5.80. The molecule has 2 atom stereocenters. The van der Waals surface area contributed by atoms with Crippen LogP contribution in [0.1, 0.15) is 17.9 Å². The average molecular weight is 338 g/mol. The molecule has 2 N–H and O–H groups in total. The first-order chi connectivity index (χ1) is 9.50. The maximum Gasteiger partial charge on any atom is 0.408 e. The van der Waals surface area contributed by atoms with Gasteiger partial charge in [0.1, 0.15) is 17.9 Å². The van der Waals surface area contributed by atoms with Crippen molar-refractivity contribution in [1.29, 1.82) is 0 Å². The number of benzene rings is 1. The van der Waals surface area contributed by atoms with Gasteiger partial charge in [-0.05, 0) is 24.3 Å². The number of alkyl carbamates (subject to hydrolysis) is 1. The number of nitrogens with one attached hydrogen (secondary N) is 1. The van der Waals surface area contributed by atoms with Gasteiger partial charge in [0.25, 0.3) is 0 Å². The van der Waals surface area contributed by atoms with Gasteiger partial charge in [0.2, 0.25) is 0 Å². The minimum atomic E-state index is -0.775. The van der Waals surface area contributed by atoms with Gasteiger partial charge in [-0.15, -0.1) is 0 Å². The predicted octanol–water partition coefficient (Wildman–Crippen LogP) is 2.25. The van der Waals surface area contributed by atoms with Crippen LogP contribution in [0.2, 0.25) is 0 Å². The Morgan fingerprint density at radius 3 is 2.90 bits per heavy atom. The molecule has 0 radical (unpaired) electrons. The Labute approximate surface area is 123 Å². The smallest absolute Gasteiger partial charge is 0.408 e. The number of phenolic OH excluding ortho intramolecular Hbond substituents is 1. The quantitative estimate of drug-likeness (QED) is 0.824. The molecule has 20 heavy (non-hydrogen) atoms. The number of ketones is 1. The molecule has 6 heteroatoms. The molecule has 1 amide bonds. The number of allylic oxidation sites excluding steroid dienone is 1. The number of amides is 1. The molecule has 0 aromatic heterocycles. The minimum absolute atomic E-state index is 0.0406. The van der Waals surface area contributed by atoms with Crippen LogP contribution in [0.4, 0.5) is 4.79 Å². The van der Waals surface area contributed by atoms with Crippen molar-refractivity contribution in [2.75, 3.05) is 6.61 Å². The molecule has 1 saturated heterocycles. The van der Waals surface area contributed by atoms with Crippen LogP contribution < -0.4 is 5.32 Å². The normalized spacial score (nSPS) is 28.6. The summed E-state index contributed by atoms with van der Waals surface area (Å²) in [6.07, 6.45) is 2.82. The molecule has 0 saturated carbocycles. The molecule has 1 spiro atoms. The molecule has 0 bridgehead atoms. The number of hydrogen-bond donors (Lipinski definition) is 2. The summed E-state index contributed by atoms with van der Waals surface area (Å²) in [5.74, 6) is -0.299. The molecule has 2 aliphatic rings. The molecule has 1 aromatic carbocycles. The Hall–Kier alpha value is -1.82. The van der Waals surface area contributed by atoms with Gasteiger partial charge in [-0.1, -0.05) is 22.0 Å². The highest BCUT2D eigenvalue weighted by atomic mass is 79.9. The van der Waals surface area contributed by atoms with E-state index in [4.69, 9.17) is 4.74 Å². The zero-order chi connectivity index (χ0) is 14.3. The third kappa shape index (κ3) is 2.10. The number of ether oxygens (including phenoxy) is 1. The first-order valence-electron chi connectivity index (χ1n) is 6.16. The molecule has 104 valence electrons. The van der Waals surface area contributed by atoms with E-state index in [1.807, 2.05) is 0 Å². The van der Waals surface area contributed by atoms with Gasteiger partial charge in [-0.3, -0.25) is 4.79 Å². The van der Waals surface area contributed by atoms with Crippen LogP contribution in [0.5, 0.6) is 5.75 Å². The van der Waals surface area contributed by atoms with Crippen molar-refractivity contribution in [2.45, 2.75) is 17.9 Å². The lowest BCUT2D eigenvalue weighted by Crippen LogP contribution is -2.49. The first kappa shape index (κ1) is 13.2. The summed E-state index contributed by atoms with van der Waals surface area (Å²) in [7, 11) is 0. The van der Waals surface area contributed by atoms with E-state index in [2.05, 4.69) is 21.2 Å². The van der Waals surface area contributed by atoms with Crippen molar-refractivity contribution >= 4 is 27.8 Å². The lowest BCUT2D eigenvalue weighted by molar-refractivity contribution is -0.115. The van der Waals surface area contributed by atoms with Gasteiger partial charge in [0, 0.05) is 22.4 Å². The molecular weight excluding hydrogens is 326 g/mol. The molecule has 3 rings (SSSR count). The Balaban J connectivity index is 2.09. The number of halogens is 1. The lowest BCUT2D eigenvalue weighted by Gasteiger charge is -2.35. The Morgan fingerprint density at radius 2 is 2.20 bits per heavy atom. The van der Waals surface area contributed by atoms with E-state index in [0.717, 1.165) is 4.47 Å². The van der Waals surface area contributed by atoms with E-state index in [9.17, 15) is 14.7 Å². The number of carbonyl (C=O) groups is 2. The van der Waals surface area contributed by atoms with E-state index in [-0.39, 0.29) is 30.5 Å². The fourth-order valence-electron chi connectivity index (χ4n) is 2.73. The molecule has 1 aromatic rings. The van der Waals surface area contributed by atoms with Crippen molar-refractivity contribution in [2.24, 2.45) is 0 Å². The van der Waals surface area contributed by atoms with E-state index < -0.39 is 11.6 Å². The van der Waals surface area contributed by atoms with Gasteiger partial charge >= 0.3 is 6.09 Å². The SMILES string of the molecule is O=C1C=C[C@@]2(COC(=O)N2)[C@@H](c2cc(Br)ccc2O)C1. The molecular formula is C14H12BrNO4. The van der Waals surface area contributed by atoms with E-state index in [1.165, 1.54) is 6.08 Å². The highest BCUT2D eigenvalue weighted by Crippen LogP contribution is 2.42. The van der Waals surface area contributed by atoms with E-state index in [1.54, 1.807) is 24.3 Å². The number of aromatic hydroxyl groups is 1. The van der Waals surface area contributed by atoms with Crippen LogP contribution in [-0.2, 0) is 9.53 Å². The van der Waals surface area contributed by atoms with E-state index >= 15 is 0 Å². The van der Waals surface area contributed by atoms with Crippen molar-refractivity contribution in [1.82, 2.24) is 5.32 Å². The average Bonchev–Trinajstić information content (AvgIpc) is 2.78. The third-order valence-electron chi connectivity index (χ3n) is 3.74. The van der Waals surface area contributed by atoms with Gasteiger partial charge in [0.15, 0.2) is 5.78 Å². The molecule has 1 aliphatic heterocycles. The van der Waals surface area contributed by atoms with Crippen molar-refractivity contribution in [3.05, 3.63) is 40.4 Å². The Kier molecular flexibility index (Phi) is 3.05. The molecule has 1 aliphatic carbocycles. The van der Waals surface area contributed by atoms with Gasteiger partial charge in [-0.2, -0.15) is 0 Å². The molecule has 5 nitrogen and oxygen atoms in total. The van der Waals surface area contributed by atoms with Crippen molar-refractivity contribution in [3.8, 4) is 5.75 Å². The van der Waals surface area contributed by atoms with Gasteiger partial charge in [-0.25, -0.2) is 4.79 Å². The summed E-state index contributed by atoms with van der Waals surface area (Å²) in [6.45, 7) is 0.145. The highest BCUT2D eigenvalue weighted by molar-refractivity contribution is 9.10. The van der Waals surface area contributed by atoms with Crippen molar-refractivity contribution < 1.29 is 19.4 Å². The largest absolute Gasteiger partial charge is 0.508 e. The van der Waals surface area contributed by atoms with E-state index in [0.29, 0.717) is 5.56 Å². The second kappa shape index (κ2) is 4.63. The van der Waals surface area contributed by atoms with Crippen LogP contribution in [0.15, 0.2) is 34.8 Å². The Bertz CT molecular complexity index is 628. The van der Waals surface area contributed by atoms with Gasteiger partial charge in [0.05, 0.1) is 0 Å². The fourth-order valence-corrected chi connectivity index (χ4v) is 3.10.